The summed E-state index contributed by atoms with van der Waals surface area (Å²) in [7, 11) is 0. The summed E-state index contributed by atoms with van der Waals surface area (Å²) < 4.78 is 4.53. The Morgan fingerprint density at radius 1 is 1.69 bits per heavy atom. The standard InChI is InChI=1S/C10H14O3/c1-7(2)4-3-5-8-6-9(11)13-10(8)12/h4,6,10,12H,3,5H2,1-2H3/t10-/m1/s1. The highest BCUT2D eigenvalue weighted by Crippen LogP contribution is 2.18. The van der Waals surface area contributed by atoms with Gasteiger partial charge in [0.1, 0.15) is 0 Å². The Balaban J connectivity index is 2.41. The number of cyclic esters (lactones) is 1. The Morgan fingerprint density at radius 3 is 2.85 bits per heavy atom. The number of carbonyl (C=O) groups is 1. The molecule has 13 heavy (non-hydrogen) atoms. The lowest BCUT2D eigenvalue weighted by Gasteiger charge is -2.05. The van der Waals surface area contributed by atoms with Gasteiger partial charge in [0.2, 0.25) is 6.29 Å². The lowest BCUT2D eigenvalue weighted by Crippen LogP contribution is -2.09. The first-order valence-electron chi connectivity index (χ1n) is 4.32. The fraction of sp³-hybridized carbons (Fsp3) is 0.500. The number of aliphatic hydroxyl groups is 1. The van der Waals surface area contributed by atoms with Crippen molar-refractivity contribution in [1.29, 1.82) is 0 Å². The normalized spacial score (nSPS) is 21.0. The van der Waals surface area contributed by atoms with Crippen LogP contribution in [0.15, 0.2) is 23.3 Å². The molecular formula is C10H14O3. The molecule has 0 aromatic carbocycles. The van der Waals surface area contributed by atoms with Gasteiger partial charge in [-0.3, -0.25) is 0 Å². The summed E-state index contributed by atoms with van der Waals surface area (Å²) in [6.45, 7) is 4.03. The molecule has 0 aromatic rings. The smallest absolute Gasteiger partial charge is 0.333 e. The summed E-state index contributed by atoms with van der Waals surface area (Å²) in [6, 6.07) is 0. The van der Waals surface area contributed by atoms with E-state index < -0.39 is 12.3 Å². The largest absolute Gasteiger partial charge is 0.429 e. The second-order valence-corrected chi connectivity index (χ2v) is 3.33. The first kappa shape index (κ1) is 9.99. The zero-order chi connectivity index (χ0) is 9.84. The highest BCUT2D eigenvalue weighted by Gasteiger charge is 2.22. The van der Waals surface area contributed by atoms with Crippen LogP contribution >= 0.6 is 0 Å². The summed E-state index contributed by atoms with van der Waals surface area (Å²) in [5.41, 5.74) is 1.91. The number of ether oxygens (including phenoxy) is 1. The van der Waals surface area contributed by atoms with Gasteiger partial charge in [0.05, 0.1) is 0 Å². The van der Waals surface area contributed by atoms with E-state index in [1.165, 1.54) is 11.6 Å². The molecule has 3 nitrogen and oxygen atoms in total. The van der Waals surface area contributed by atoms with Crippen LogP contribution in [-0.4, -0.2) is 17.4 Å². The van der Waals surface area contributed by atoms with Gasteiger partial charge in [0, 0.05) is 11.6 Å². The number of aliphatic hydroxyl groups excluding tert-OH is 1. The summed E-state index contributed by atoms with van der Waals surface area (Å²) >= 11 is 0. The zero-order valence-electron chi connectivity index (χ0n) is 7.91. The fourth-order valence-corrected chi connectivity index (χ4v) is 1.17. The molecule has 0 radical (unpaired) electrons. The van der Waals surface area contributed by atoms with Crippen molar-refractivity contribution in [3.63, 3.8) is 0 Å². The molecule has 0 amide bonds. The number of esters is 1. The molecule has 0 spiro atoms. The molecule has 1 aliphatic heterocycles. The SMILES string of the molecule is CC(C)=CCCC1=CC(=O)O[C@H]1O. The van der Waals surface area contributed by atoms with Crippen molar-refractivity contribution in [1.82, 2.24) is 0 Å². The average Bonchev–Trinajstić information content (AvgIpc) is 2.29. The molecule has 1 heterocycles. The van der Waals surface area contributed by atoms with Crippen LogP contribution in [0.5, 0.6) is 0 Å². The molecule has 0 aliphatic carbocycles. The Kier molecular flexibility index (Phi) is 3.25. The topological polar surface area (TPSA) is 46.5 Å². The molecule has 1 atom stereocenters. The van der Waals surface area contributed by atoms with E-state index in [9.17, 15) is 9.90 Å². The molecule has 3 heteroatoms. The number of rotatable bonds is 3. The molecule has 1 aliphatic rings. The van der Waals surface area contributed by atoms with E-state index in [0.29, 0.717) is 12.0 Å². The maximum absolute atomic E-state index is 10.7. The number of hydrogen-bond donors (Lipinski definition) is 1. The number of carbonyl (C=O) groups excluding carboxylic acids is 1. The van der Waals surface area contributed by atoms with Crippen molar-refractivity contribution < 1.29 is 14.6 Å². The van der Waals surface area contributed by atoms with E-state index in [-0.39, 0.29) is 0 Å². The van der Waals surface area contributed by atoms with Crippen molar-refractivity contribution in [3.8, 4) is 0 Å². The van der Waals surface area contributed by atoms with Crippen LogP contribution < -0.4 is 0 Å². The Bertz CT molecular complexity index is 259. The molecule has 0 aromatic heterocycles. The quantitative estimate of drug-likeness (QED) is 0.532. The molecule has 0 bridgehead atoms. The van der Waals surface area contributed by atoms with Crippen LogP contribution in [0.2, 0.25) is 0 Å². The molecule has 1 rings (SSSR count). The van der Waals surface area contributed by atoms with Gasteiger partial charge in [-0.25, -0.2) is 4.79 Å². The minimum Gasteiger partial charge on any atom is -0.429 e. The van der Waals surface area contributed by atoms with Gasteiger partial charge in [0.25, 0.3) is 0 Å². The minimum absolute atomic E-state index is 0.445. The molecule has 0 unspecified atom stereocenters. The van der Waals surface area contributed by atoms with Gasteiger partial charge in [-0.1, -0.05) is 11.6 Å². The van der Waals surface area contributed by atoms with Crippen LogP contribution in [-0.2, 0) is 9.53 Å². The lowest BCUT2D eigenvalue weighted by molar-refractivity contribution is -0.151. The second kappa shape index (κ2) is 4.23. The monoisotopic (exact) mass is 182 g/mol. The van der Waals surface area contributed by atoms with Crippen LogP contribution in [0.25, 0.3) is 0 Å². The van der Waals surface area contributed by atoms with Gasteiger partial charge >= 0.3 is 5.97 Å². The van der Waals surface area contributed by atoms with E-state index in [1.54, 1.807) is 0 Å². The third-order valence-electron chi connectivity index (χ3n) is 1.83. The maximum atomic E-state index is 10.7. The van der Waals surface area contributed by atoms with Crippen LogP contribution in [0.1, 0.15) is 26.7 Å². The Morgan fingerprint density at radius 2 is 2.38 bits per heavy atom. The maximum Gasteiger partial charge on any atom is 0.333 e. The summed E-state index contributed by atoms with van der Waals surface area (Å²) in [5, 5.41) is 9.19. The van der Waals surface area contributed by atoms with Crippen LogP contribution in [0.3, 0.4) is 0 Å². The Labute approximate surface area is 77.7 Å². The molecule has 72 valence electrons. The summed E-state index contributed by atoms with van der Waals surface area (Å²) in [4.78, 5) is 10.7. The predicted molar refractivity (Wildman–Crippen MR) is 48.8 cm³/mol. The number of allylic oxidation sites excluding steroid dienone is 2. The fourth-order valence-electron chi connectivity index (χ4n) is 1.17. The van der Waals surface area contributed by atoms with Gasteiger partial charge in [-0.05, 0) is 26.7 Å². The van der Waals surface area contributed by atoms with Crippen molar-refractivity contribution >= 4 is 5.97 Å². The first-order valence-corrected chi connectivity index (χ1v) is 4.32. The van der Waals surface area contributed by atoms with Gasteiger partial charge in [0.15, 0.2) is 0 Å². The third-order valence-corrected chi connectivity index (χ3v) is 1.83. The van der Waals surface area contributed by atoms with E-state index in [4.69, 9.17) is 0 Å². The Hall–Kier alpha value is -1.09. The minimum atomic E-state index is -1.02. The third kappa shape index (κ3) is 3.03. The first-order chi connectivity index (χ1) is 6.09. The average molecular weight is 182 g/mol. The summed E-state index contributed by atoms with van der Waals surface area (Å²) in [6.07, 6.45) is 3.93. The van der Waals surface area contributed by atoms with Gasteiger partial charge < -0.3 is 9.84 Å². The summed E-state index contributed by atoms with van der Waals surface area (Å²) in [5.74, 6) is -0.445. The van der Waals surface area contributed by atoms with Crippen molar-refractivity contribution in [2.24, 2.45) is 0 Å². The van der Waals surface area contributed by atoms with E-state index in [1.807, 2.05) is 13.8 Å². The zero-order valence-corrected chi connectivity index (χ0v) is 7.91. The van der Waals surface area contributed by atoms with Gasteiger partial charge in [-0.2, -0.15) is 0 Å². The van der Waals surface area contributed by atoms with Crippen molar-refractivity contribution in [3.05, 3.63) is 23.3 Å². The second-order valence-electron chi connectivity index (χ2n) is 3.33. The highest BCUT2D eigenvalue weighted by molar-refractivity contribution is 5.85. The van der Waals surface area contributed by atoms with E-state index >= 15 is 0 Å². The molecule has 0 fully saturated rings. The van der Waals surface area contributed by atoms with Crippen LogP contribution in [0.4, 0.5) is 0 Å². The van der Waals surface area contributed by atoms with Crippen molar-refractivity contribution in [2.45, 2.75) is 33.0 Å². The van der Waals surface area contributed by atoms with Crippen LogP contribution in [0, 0.1) is 0 Å². The highest BCUT2D eigenvalue weighted by atomic mass is 16.6. The van der Waals surface area contributed by atoms with E-state index in [2.05, 4.69) is 10.8 Å². The predicted octanol–water partition coefficient (Wildman–Crippen LogP) is 1.53. The van der Waals surface area contributed by atoms with E-state index in [0.717, 1.165) is 6.42 Å². The molecule has 1 N–H and O–H groups in total. The number of hydrogen-bond acceptors (Lipinski definition) is 3. The van der Waals surface area contributed by atoms with Gasteiger partial charge in [-0.15, -0.1) is 0 Å². The molecule has 0 saturated heterocycles. The molecular weight excluding hydrogens is 168 g/mol. The molecule has 0 saturated carbocycles. The van der Waals surface area contributed by atoms with Crippen molar-refractivity contribution in [2.75, 3.05) is 0 Å². The lowest BCUT2D eigenvalue weighted by atomic mass is 10.1.